The van der Waals surface area contributed by atoms with Crippen LogP contribution in [0.1, 0.15) is 28.8 Å². The standard InChI is InChI=1S/C22H22O5S/c1-26-18-10-6-16(7-11-18)22(25,20-4-3-15-28-20)17-8-12-19(13-9-17)27-14-2-5-21(23)24/h3-4,6-13,15,25H,2,5,14H2,1H3,(H,23,24). The van der Waals surface area contributed by atoms with E-state index < -0.39 is 11.6 Å². The summed E-state index contributed by atoms with van der Waals surface area (Å²) in [6.07, 6.45) is 0.524. The number of aliphatic carboxylic acids is 1. The number of rotatable bonds is 9. The summed E-state index contributed by atoms with van der Waals surface area (Å²) in [5.41, 5.74) is 0.173. The molecule has 1 atom stereocenters. The Hall–Kier alpha value is -2.83. The summed E-state index contributed by atoms with van der Waals surface area (Å²) in [5, 5.41) is 22.3. The third kappa shape index (κ3) is 4.35. The van der Waals surface area contributed by atoms with Crippen LogP contribution in [0, 0.1) is 0 Å². The average molecular weight is 398 g/mol. The van der Waals surface area contributed by atoms with Gasteiger partial charge in [0.1, 0.15) is 17.1 Å². The van der Waals surface area contributed by atoms with Crippen LogP contribution in [0.5, 0.6) is 11.5 Å². The fraction of sp³-hybridized carbons (Fsp3) is 0.227. The van der Waals surface area contributed by atoms with Gasteiger partial charge in [0, 0.05) is 11.3 Å². The minimum absolute atomic E-state index is 0.0771. The normalized spacial score (nSPS) is 12.9. The number of carbonyl (C=O) groups is 1. The summed E-state index contributed by atoms with van der Waals surface area (Å²) in [4.78, 5) is 11.4. The van der Waals surface area contributed by atoms with E-state index >= 15 is 0 Å². The number of carboxylic acid groups (broad SMARTS) is 1. The number of benzene rings is 2. The lowest BCUT2D eigenvalue weighted by atomic mass is 9.85. The fourth-order valence-electron chi connectivity index (χ4n) is 2.97. The molecule has 2 aromatic carbocycles. The molecule has 0 aliphatic rings. The van der Waals surface area contributed by atoms with Gasteiger partial charge < -0.3 is 19.7 Å². The van der Waals surface area contributed by atoms with Crippen LogP contribution in [0.2, 0.25) is 0 Å². The van der Waals surface area contributed by atoms with Gasteiger partial charge in [-0.1, -0.05) is 30.3 Å². The maximum absolute atomic E-state index is 11.7. The number of methoxy groups -OCH3 is 1. The molecule has 1 unspecified atom stereocenters. The molecule has 3 aromatic rings. The molecular formula is C22H22O5S. The molecule has 0 aliphatic heterocycles. The SMILES string of the molecule is COc1ccc(C(O)(c2ccc(OCCCC(=O)O)cc2)c2cccs2)cc1. The molecule has 5 nitrogen and oxygen atoms in total. The number of hydrogen-bond acceptors (Lipinski definition) is 5. The summed E-state index contributed by atoms with van der Waals surface area (Å²) in [7, 11) is 1.61. The van der Waals surface area contributed by atoms with E-state index in [0.717, 1.165) is 21.8 Å². The summed E-state index contributed by atoms with van der Waals surface area (Å²) >= 11 is 1.49. The lowest BCUT2D eigenvalue weighted by Crippen LogP contribution is -2.27. The van der Waals surface area contributed by atoms with Gasteiger partial charge in [-0.3, -0.25) is 4.79 Å². The number of carboxylic acids is 1. The van der Waals surface area contributed by atoms with Crippen molar-refractivity contribution in [1.29, 1.82) is 0 Å². The summed E-state index contributed by atoms with van der Waals surface area (Å²) in [6.45, 7) is 0.333. The van der Waals surface area contributed by atoms with Crippen LogP contribution in [-0.2, 0) is 10.4 Å². The number of ether oxygens (including phenoxy) is 2. The van der Waals surface area contributed by atoms with Crippen LogP contribution in [0.15, 0.2) is 66.0 Å². The van der Waals surface area contributed by atoms with Crippen molar-refractivity contribution in [2.75, 3.05) is 13.7 Å². The molecule has 0 spiro atoms. The summed E-state index contributed by atoms with van der Waals surface area (Å²) in [6, 6.07) is 18.4. The van der Waals surface area contributed by atoms with E-state index in [4.69, 9.17) is 14.6 Å². The minimum atomic E-state index is -1.29. The Bertz CT molecular complexity index is 888. The first-order valence-corrected chi connectivity index (χ1v) is 9.78. The van der Waals surface area contributed by atoms with Gasteiger partial charge in [-0.2, -0.15) is 0 Å². The molecule has 0 saturated heterocycles. The molecule has 0 amide bonds. The van der Waals surface area contributed by atoms with E-state index in [-0.39, 0.29) is 6.42 Å². The molecule has 0 saturated carbocycles. The van der Waals surface area contributed by atoms with Crippen molar-refractivity contribution in [3.05, 3.63) is 82.0 Å². The van der Waals surface area contributed by atoms with E-state index in [1.54, 1.807) is 19.2 Å². The van der Waals surface area contributed by atoms with Gasteiger partial charge in [0.25, 0.3) is 0 Å². The lowest BCUT2D eigenvalue weighted by molar-refractivity contribution is -0.137. The highest BCUT2D eigenvalue weighted by Crippen LogP contribution is 2.40. The molecule has 1 aromatic heterocycles. The van der Waals surface area contributed by atoms with Gasteiger partial charge in [-0.05, 0) is 53.3 Å². The predicted octanol–water partition coefficient (Wildman–Crippen LogP) is 4.28. The average Bonchev–Trinajstić information content (AvgIpc) is 3.26. The zero-order chi connectivity index (χ0) is 20.0. The second kappa shape index (κ2) is 8.91. The monoisotopic (exact) mass is 398 g/mol. The van der Waals surface area contributed by atoms with Gasteiger partial charge in [0.2, 0.25) is 0 Å². The number of aliphatic hydroxyl groups is 1. The number of thiophene rings is 1. The van der Waals surface area contributed by atoms with Crippen LogP contribution >= 0.6 is 11.3 Å². The minimum Gasteiger partial charge on any atom is -0.497 e. The Morgan fingerprint density at radius 2 is 1.61 bits per heavy atom. The summed E-state index contributed by atoms with van der Waals surface area (Å²) < 4.78 is 10.8. The van der Waals surface area contributed by atoms with E-state index in [0.29, 0.717) is 18.8 Å². The lowest BCUT2D eigenvalue weighted by Gasteiger charge is -2.28. The zero-order valence-electron chi connectivity index (χ0n) is 15.5. The third-order valence-corrected chi connectivity index (χ3v) is 5.44. The third-order valence-electron chi connectivity index (χ3n) is 4.46. The van der Waals surface area contributed by atoms with Crippen molar-refractivity contribution in [3.63, 3.8) is 0 Å². The molecule has 1 heterocycles. The van der Waals surface area contributed by atoms with Crippen molar-refractivity contribution < 1.29 is 24.5 Å². The molecule has 0 bridgehead atoms. The topological polar surface area (TPSA) is 76.0 Å². The Kier molecular flexibility index (Phi) is 6.34. The molecule has 0 aliphatic carbocycles. The van der Waals surface area contributed by atoms with E-state index in [2.05, 4.69) is 0 Å². The van der Waals surface area contributed by atoms with Crippen molar-refractivity contribution >= 4 is 17.3 Å². The molecule has 28 heavy (non-hydrogen) atoms. The molecule has 146 valence electrons. The Balaban J connectivity index is 1.86. The first-order valence-electron chi connectivity index (χ1n) is 8.90. The van der Waals surface area contributed by atoms with Gasteiger partial charge >= 0.3 is 5.97 Å². The fourth-order valence-corrected chi connectivity index (χ4v) is 3.84. The second-order valence-electron chi connectivity index (χ2n) is 6.29. The molecular weight excluding hydrogens is 376 g/mol. The predicted molar refractivity (Wildman–Crippen MR) is 108 cm³/mol. The number of hydrogen-bond donors (Lipinski definition) is 2. The highest BCUT2D eigenvalue weighted by Gasteiger charge is 2.34. The van der Waals surface area contributed by atoms with Crippen molar-refractivity contribution in [1.82, 2.24) is 0 Å². The van der Waals surface area contributed by atoms with Crippen molar-refractivity contribution in [3.8, 4) is 11.5 Å². The van der Waals surface area contributed by atoms with Crippen LogP contribution < -0.4 is 9.47 Å². The van der Waals surface area contributed by atoms with Crippen molar-refractivity contribution in [2.45, 2.75) is 18.4 Å². The quantitative estimate of drug-likeness (QED) is 0.526. The van der Waals surface area contributed by atoms with Gasteiger partial charge in [0.15, 0.2) is 0 Å². The first kappa shape index (κ1) is 19.9. The van der Waals surface area contributed by atoms with Crippen LogP contribution in [0.25, 0.3) is 0 Å². The van der Waals surface area contributed by atoms with Gasteiger partial charge in [0.05, 0.1) is 13.7 Å². The molecule has 2 N–H and O–H groups in total. The molecule has 0 fully saturated rings. The first-order chi connectivity index (χ1) is 13.5. The largest absolute Gasteiger partial charge is 0.497 e. The maximum atomic E-state index is 11.7. The van der Waals surface area contributed by atoms with E-state index in [1.807, 2.05) is 53.9 Å². The Morgan fingerprint density at radius 1 is 1.00 bits per heavy atom. The molecule has 6 heteroatoms. The van der Waals surface area contributed by atoms with Crippen LogP contribution in [-0.4, -0.2) is 29.9 Å². The Morgan fingerprint density at radius 3 is 2.11 bits per heavy atom. The van der Waals surface area contributed by atoms with Crippen LogP contribution in [0.3, 0.4) is 0 Å². The van der Waals surface area contributed by atoms with Gasteiger partial charge in [-0.25, -0.2) is 0 Å². The molecule has 3 rings (SSSR count). The Labute approximate surface area is 167 Å². The zero-order valence-corrected chi connectivity index (χ0v) is 16.3. The van der Waals surface area contributed by atoms with Crippen molar-refractivity contribution in [2.24, 2.45) is 0 Å². The second-order valence-corrected chi connectivity index (χ2v) is 7.23. The van der Waals surface area contributed by atoms with E-state index in [1.165, 1.54) is 11.3 Å². The molecule has 0 radical (unpaired) electrons. The van der Waals surface area contributed by atoms with Crippen LogP contribution in [0.4, 0.5) is 0 Å². The highest BCUT2D eigenvalue weighted by atomic mass is 32.1. The smallest absolute Gasteiger partial charge is 0.303 e. The van der Waals surface area contributed by atoms with E-state index in [9.17, 15) is 9.90 Å². The maximum Gasteiger partial charge on any atom is 0.303 e. The highest BCUT2D eigenvalue weighted by molar-refractivity contribution is 7.10. The summed E-state index contributed by atoms with van der Waals surface area (Å²) in [5.74, 6) is 0.527. The van der Waals surface area contributed by atoms with Gasteiger partial charge in [-0.15, -0.1) is 11.3 Å².